The van der Waals surface area contributed by atoms with Gasteiger partial charge in [-0.15, -0.1) is 0 Å². The predicted octanol–water partition coefficient (Wildman–Crippen LogP) is 2.46. The molecule has 0 saturated carbocycles. The quantitative estimate of drug-likeness (QED) is 0.831. The fourth-order valence-electron chi connectivity index (χ4n) is 1.71. The minimum Gasteiger partial charge on any atom is -0.388 e. The van der Waals surface area contributed by atoms with Crippen LogP contribution in [0.25, 0.3) is 11.0 Å². The van der Waals surface area contributed by atoms with E-state index in [0.717, 1.165) is 29.4 Å². The minimum atomic E-state index is -0.435. The van der Waals surface area contributed by atoms with Crippen LogP contribution in [0.5, 0.6) is 0 Å². The lowest BCUT2D eigenvalue weighted by atomic mass is 10.0. The molecule has 78 valence electrons. The number of rotatable bonds is 3. The summed E-state index contributed by atoms with van der Waals surface area (Å²) in [5.74, 6) is 0. The Morgan fingerprint density at radius 2 is 2.07 bits per heavy atom. The highest BCUT2D eigenvalue weighted by atomic mass is 16.3. The van der Waals surface area contributed by atoms with Crippen molar-refractivity contribution in [3.8, 4) is 0 Å². The van der Waals surface area contributed by atoms with Crippen LogP contribution in [-0.2, 0) is 0 Å². The molecule has 0 amide bonds. The number of aliphatic hydroxyl groups is 1. The van der Waals surface area contributed by atoms with Crippen molar-refractivity contribution in [3.63, 3.8) is 0 Å². The van der Waals surface area contributed by atoms with E-state index < -0.39 is 6.10 Å². The average Bonchev–Trinajstić information content (AvgIpc) is 2.28. The molecule has 1 heterocycles. The second kappa shape index (κ2) is 4.36. The Hall–Kier alpha value is -1.48. The molecule has 1 aromatic heterocycles. The van der Waals surface area contributed by atoms with Crippen LogP contribution in [0.4, 0.5) is 0 Å². The highest BCUT2D eigenvalue weighted by Crippen LogP contribution is 2.24. The smallest absolute Gasteiger partial charge is 0.0944 e. The van der Waals surface area contributed by atoms with Gasteiger partial charge in [0.2, 0.25) is 0 Å². The molecule has 0 aliphatic rings. The second-order valence-corrected chi connectivity index (χ2v) is 3.58. The molecule has 0 bridgehead atoms. The molecule has 1 N–H and O–H groups in total. The van der Waals surface area contributed by atoms with Gasteiger partial charge in [-0.05, 0) is 12.5 Å². The van der Waals surface area contributed by atoms with E-state index in [1.54, 1.807) is 12.4 Å². The molecule has 0 aliphatic heterocycles. The van der Waals surface area contributed by atoms with Crippen molar-refractivity contribution in [2.75, 3.05) is 0 Å². The topological polar surface area (TPSA) is 46.0 Å². The minimum absolute atomic E-state index is 0.435. The summed E-state index contributed by atoms with van der Waals surface area (Å²) in [6.07, 6.45) is 4.60. The Kier molecular flexibility index (Phi) is 2.92. The van der Waals surface area contributed by atoms with Gasteiger partial charge in [-0.25, -0.2) is 0 Å². The van der Waals surface area contributed by atoms with Crippen LogP contribution >= 0.6 is 0 Å². The Morgan fingerprint density at radius 1 is 1.27 bits per heavy atom. The third-order valence-electron chi connectivity index (χ3n) is 2.45. The van der Waals surface area contributed by atoms with Crippen LogP contribution in [-0.4, -0.2) is 15.1 Å². The third kappa shape index (κ3) is 1.97. The first-order chi connectivity index (χ1) is 7.33. The lowest BCUT2D eigenvalue weighted by Gasteiger charge is -2.11. The van der Waals surface area contributed by atoms with E-state index in [-0.39, 0.29) is 0 Å². The molecule has 0 radical (unpaired) electrons. The normalized spacial score (nSPS) is 12.9. The standard InChI is InChI=1S/C12H14N2O/c1-2-4-11(15)9-5-3-6-10-12(9)14-8-7-13-10/h3,5-8,11,15H,2,4H2,1H3. The van der Waals surface area contributed by atoms with E-state index in [2.05, 4.69) is 16.9 Å². The first-order valence-electron chi connectivity index (χ1n) is 5.20. The van der Waals surface area contributed by atoms with Gasteiger partial charge in [0.25, 0.3) is 0 Å². The zero-order valence-electron chi connectivity index (χ0n) is 8.72. The zero-order valence-corrected chi connectivity index (χ0v) is 8.72. The third-order valence-corrected chi connectivity index (χ3v) is 2.45. The largest absolute Gasteiger partial charge is 0.388 e. The molecule has 1 aromatic carbocycles. The first-order valence-corrected chi connectivity index (χ1v) is 5.20. The van der Waals surface area contributed by atoms with Crippen LogP contribution in [0, 0.1) is 0 Å². The van der Waals surface area contributed by atoms with Gasteiger partial charge in [0.1, 0.15) is 0 Å². The SMILES string of the molecule is CCCC(O)c1cccc2nccnc12. The Balaban J connectivity index is 2.50. The Morgan fingerprint density at radius 3 is 2.87 bits per heavy atom. The summed E-state index contributed by atoms with van der Waals surface area (Å²) in [6.45, 7) is 2.06. The van der Waals surface area contributed by atoms with Gasteiger partial charge in [-0.3, -0.25) is 9.97 Å². The van der Waals surface area contributed by atoms with Crippen molar-refractivity contribution in [3.05, 3.63) is 36.2 Å². The van der Waals surface area contributed by atoms with Crippen molar-refractivity contribution < 1.29 is 5.11 Å². The summed E-state index contributed by atoms with van der Waals surface area (Å²) in [5.41, 5.74) is 2.52. The van der Waals surface area contributed by atoms with Crippen LogP contribution in [0.15, 0.2) is 30.6 Å². The molecule has 2 aromatic rings. The van der Waals surface area contributed by atoms with Gasteiger partial charge < -0.3 is 5.11 Å². The summed E-state index contributed by atoms with van der Waals surface area (Å²) >= 11 is 0. The van der Waals surface area contributed by atoms with Crippen molar-refractivity contribution in [2.45, 2.75) is 25.9 Å². The number of hydrogen-bond donors (Lipinski definition) is 1. The van der Waals surface area contributed by atoms with Crippen molar-refractivity contribution >= 4 is 11.0 Å². The Labute approximate surface area is 88.8 Å². The lowest BCUT2D eigenvalue weighted by Crippen LogP contribution is -1.99. The molecule has 0 fully saturated rings. The maximum absolute atomic E-state index is 9.95. The number of aromatic nitrogens is 2. The molecular weight excluding hydrogens is 188 g/mol. The van der Waals surface area contributed by atoms with Crippen molar-refractivity contribution in [2.24, 2.45) is 0 Å². The monoisotopic (exact) mass is 202 g/mol. The number of fused-ring (bicyclic) bond motifs is 1. The summed E-state index contributed by atoms with van der Waals surface area (Å²) < 4.78 is 0. The fourth-order valence-corrected chi connectivity index (χ4v) is 1.71. The highest BCUT2D eigenvalue weighted by Gasteiger charge is 2.10. The molecular formula is C12H14N2O. The van der Waals surface area contributed by atoms with Crippen LogP contribution in [0.2, 0.25) is 0 Å². The van der Waals surface area contributed by atoms with E-state index in [1.807, 2.05) is 18.2 Å². The van der Waals surface area contributed by atoms with Gasteiger partial charge in [0.15, 0.2) is 0 Å². The highest BCUT2D eigenvalue weighted by molar-refractivity contribution is 5.77. The molecule has 0 saturated heterocycles. The number of hydrogen-bond acceptors (Lipinski definition) is 3. The van der Waals surface area contributed by atoms with E-state index in [4.69, 9.17) is 0 Å². The molecule has 3 nitrogen and oxygen atoms in total. The molecule has 15 heavy (non-hydrogen) atoms. The average molecular weight is 202 g/mol. The summed E-state index contributed by atoms with van der Waals surface area (Å²) in [5, 5.41) is 9.95. The molecule has 0 aliphatic carbocycles. The number of benzene rings is 1. The number of para-hydroxylation sites is 1. The van der Waals surface area contributed by atoms with Crippen LogP contribution in [0.3, 0.4) is 0 Å². The predicted molar refractivity (Wildman–Crippen MR) is 59.4 cm³/mol. The summed E-state index contributed by atoms with van der Waals surface area (Å²) in [6, 6.07) is 5.73. The second-order valence-electron chi connectivity index (χ2n) is 3.58. The Bertz CT molecular complexity index is 451. The van der Waals surface area contributed by atoms with Crippen LogP contribution in [0.1, 0.15) is 31.4 Å². The van der Waals surface area contributed by atoms with E-state index >= 15 is 0 Å². The van der Waals surface area contributed by atoms with Crippen molar-refractivity contribution in [1.29, 1.82) is 0 Å². The van der Waals surface area contributed by atoms with Gasteiger partial charge in [0, 0.05) is 18.0 Å². The molecule has 3 heteroatoms. The van der Waals surface area contributed by atoms with E-state index in [1.165, 1.54) is 0 Å². The number of nitrogens with zero attached hydrogens (tertiary/aromatic N) is 2. The van der Waals surface area contributed by atoms with Gasteiger partial charge in [-0.1, -0.05) is 25.5 Å². The van der Waals surface area contributed by atoms with Crippen molar-refractivity contribution in [1.82, 2.24) is 9.97 Å². The lowest BCUT2D eigenvalue weighted by molar-refractivity contribution is 0.168. The summed E-state index contributed by atoms with van der Waals surface area (Å²) in [4.78, 5) is 8.47. The van der Waals surface area contributed by atoms with E-state index in [9.17, 15) is 5.11 Å². The van der Waals surface area contributed by atoms with Gasteiger partial charge in [-0.2, -0.15) is 0 Å². The maximum Gasteiger partial charge on any atom is 0.0944 e. The summed E-state index contributed by atoms with van der Waals surface area (Å²) in [7, 11) is 0. The molecule has 1 atom stereocenters. The fraction of sp³-hybridized carbons (Fsp3) is 0.333. The van der Waals surface area contributed by atoms with E-state index in [0.29, 0.717) is 0 Å². The zero-order chi connectivity index (χ0) is 10.7. The first kappa shape index (κ1) is 10.1. The molecule has 1 unspecified atom stereocenters. The van der Waals surface area contributed by atoms with Crippen LogP contribution < -0.4 is 0 Å². The van der Waals surface area contributed by atoms with Gasteiger partial charge >= 0.3 is 0 Å². The maximum atomic E-state index is 9.95. The number of aliphatic hydroxyl groups excluding tert-OH is 1. The molecule has 0 spiro atoms. The molecule has 2 rings (SSSR count). The van der Waals surface area contributed by atoms with Gasteiger partial charge in [0.05, 0.1) is 17.1 Å².